The number of hydrogen-bond donors (Lipinski definition) is 0. The van der Waals surface area contributed by atoms with Crippen LogP contribution in [0.1, 0.15) is 34.1 Å². The Labute approximate surface area is 91.5 Å². The number of amides is 1. The first kappa shape index (κ1) is 12.3. The maximum Gasteiger partial charge on any atom is 0.412 e. The molecule has 0 spiro atoms. The van der Waals surface area contributed by atoms with Gasteiger partial charge in [0.2, 0.25) is 0 Å². The Morgan fingerprint density at radius 3 is 2.73 bits per heavy atom. The first-order valence-electron chi connectivity index (χ1n) is 5.63. The maximum atomic E-state index is 11.5. The molecule has 0 bridgehead atoms. The summed E-state index contributed by atoms with van der Waals surface area (Å²) in [5.41, 5.74) is 0. The third-order valence-corrected chi connectivity index (χ3v) is 2.55. The van der Waals surface area contributed by atoms with E-state index in [1.807, 2.05) is 13.8 Å². The van der Waals surface area contributed by atoms with Crippen LogP contribution in [-0.4, -0.2) is 36.5 Å². The fourth-order valence-electron chi connectivity index (χ4n) is 1.96. The summed E-state index contributed by atoms with van der Waals surface area (Å²) in [7, 11) is 0. The van der Waals surface area contributed by atoms with Crippen molar-refractivity contribution in [3.05, 3.63) is 0 Å². The third-order valence-electron chi connectivity index (χ3n) is 2.55. The number of carbonyl (C=O) groups is 1. The molecule has 88 valence electrons. The first-order valence-corrected chi connectivity index (χ1v) is 5.63. The highest BCUT2D eigenvalue weighted by molar-refractivity contribution is 5.70. The van der Waals surface area contributed by atoms with Crippen molar-refractivity contribution in [3.8, 4) is 0 Å². The summed E-state index contributed by atoms with van der Waals surface area (Å²) >= 11 is 0. The molecule has 1 fully saturated rings. The van der Waals surface area contributed by atoms with Crippen LogP contribution in [0, 0.1) is 5.92 Å². The molecule has 4 nitrogen and oxygen atoms in total. The van der Waals surface area contributed by atoms with Crippen LogP contribution in [0.15, 0.2) is 0 Å². The van der Waals surface area contributed by atoms with E-state index in [-0.39, 0.29) is 18.4 Å². The van der Waals surface area contributed by atoms with Crippen LogP contribution in [-0.2, 0) is 9.47 Å². The van der Waals surface area contributed by atoms with Crippen LogP contribution in [0.2, 0.25) is 0 Å². The van der Waals surface area contributed by atoms with Gasteiger partial charge in [0.05, 0.1) is 6.04 Å². The van der Waals surface area contributed by atoms with Crippen molar-refractivity contribution in [1.82, 2.24) is 4.90 Å². The zero-order valence-electron chi connectivity index (χ0n) is 10.0. The molecule has 0 aromatic carbocycles. The lowest BCUT2D eigenvalue weighted by molar-refractivity contribution is -0.0300. The Morgan fingerprint density at radius 1 is 1.53 bits per heavy atom. The molecule has 1 aliphatic heterocycles. The molecule has 2 atom stereocenters. The van der Waals surface area contributed by atoms with Gasteiger partial charge in [-0.15, -0.1) is 0 Å². The van der Waals surface area contributed by atoms with Crippen molar-refractivity contribution >= 4 is 6.09 Å². The average Bonchev–Trinajstić information content (AvgIpc) is 2.46. The van der Waals surface area contributed by atoms with Crippen LogP contribution in [0.5, 0.6) is 0 Å². The quantitative estimate of drug-likeness (QED) is 0.706. The van der Waals surface area contributed by atoms with Gasteiger partial charge < -0.3 is 9.47 Å². The second kappa shape index (κ2) is 5.35. The molecular formula is C11H21NO3. The molecule has 0 N–H and O–H groups in total. The van der Waals surface area contributed by atoms with Crippen molar-refractivity contribution in [2.45, 2.75) is 46.4 Å². The molecule has 15 heavy (non-hydrogen) atoms. The lowest BCUT2D eigenvalue weighted by Crippen LogP contribution is -2.42. The van der Waals surface area contributed by atoms with Crippen molar-refractivity contribution < 1.29 is 14.3 Å². The van der Waals surface area contributed by atoms with Crippen LogP contribution in [0.25, 0.3) is 0 Å². The molecule has 0 aromatic heterocycles. The molecule has 0 radical (unpaired) electrons. The fourth-order valence-corrected chi connectivity index (χ4v) is 1.96. The number of cyclic esters (lactones) is 1. The van der Waals surface area contributed by atoms with Gasteiger partial charge >= 0.3 is 6.09 Å². The molecular weight excluding hydrogens is 194 g/mol. The minimum atomic E-state index is -0.249. The molecule has 0 saturated carbocycles. The Kier molecular flexibility index (Phi) is 4.39. The summed E-state index contributed by atoms with van der Waals surface area (Å²) in [6.07, 6.45) is 0.527. The van der Waals surface area contributed by atoms with Crippen LogP contribution in [0.3, 0.4) is 0 Å². The first-order chi connectivity index (χ1) is 7.06. The van der Waals surface area contributed by atoms with E-state index in [0.717, 1.165) is 6.42 Å². The van der Waals surface area contributed by atoms with E-state index < -0.39 is 0 Å². The molecule has 1 rings (SSSR count). The minimum Gasteiger partial charge on any atom is -0.447 e. The van der Waals surface area contributed by atoms with Crippen molar-refractivity contribution in [1.29, 1.82) is 0 Å². The Morgan fingerprint density at radius 2 is 2.20 bits per heavy atom. The largest absolute Gasteiger partial charge is 0.447 e. The van der Waals surface area contributed by atoms with Crippen LogP contribution in [0.4, 0.5) is 4.79 Å². The van der Waals surface area contributed by atoms with E-state index in [9.17, 15) is 4.79 Å². The maximum absolute atomic E-state index is 11.5. The predicted molar refractivity (Wildman–Crippen MR) is 57.5 cm³/mol. The Bertz CT molecular complexity index is 218. The summed E-state index contributed by atoms with van der Waals surface area (Å²) in [5.74, 6) is 0.556. The zero-order valence-corrected chi connectivity index (χ0v) is 10.0. The second-order valence-electron chi connectivity index (χ2n) is 4.32. The highest BCUT2D eigenvalue weighted by Gasteiger charge is 2.36. The van der Waals surface area contributed by atoms with Crippen LogP contribution >= 0.6 is 0 Å². The molecule has 0 aromatic rings. The van der Waals surface area contributed by atoms with Gasteiger partial charge in [-0.25, -0.2) is 4.79 Å². The fraction of sp³-hybridized carbons (Fsp3) is 0.909. The summed E-state index contributed by atoms with van der Waals surface area (Å²) in [4.78, 5) is 13.2. The van der Waals surface area contributed by atoms with Gasteiger partial charge in [-0.1, -0.05) is 13.8 Å². The number of nitrogens with zero attached hydrogens (tertiary/aromatic N) is 1. The standard InChI is InChI=1S/C11H21NO3/c1-5-14-9(4)12-10(6-8(2)3)7-15-11(12)13/h8-10H,5-7H2,1-4H3/t9?,10-/m0/s1. The number of ether oxygens (including phenoxy) is 2. The van der Waals surface area contributed by atoms with Gasteiger partial charge in [-0.3, -0.25) is 4.90 Å². The van der Waals surface area contributed by atoms with Gasteiger partial charge in [0.1, 0.15) is 12.8 Å². The van der Waals surface area contributed by atoms with Crippen molar-refractivity contribution in [2.75, 3.05) is 13.2 Å². The number of rotatable bonds is 5. The lowest BCUT2D eigenvalue weighted by Gasteiger charge is -2.28. The predicted octanol–water partition coefficient (Wildman–Crippen LogP) is 2.24. The highest BCUT2D eigenvalue weighted by atomic mass is 16.6. The minimum absolute atomic E-state index is 0.166. The molecule has 1 amide bonds. The molecule has 1 unspecified atom stereocenters. The van der Waals surface area contributed by atoms with Gasteiger partial charge in [-0.2, -0.15) is 0 Å². The number of hydrogen-bond acceptors (Lipinski definition) is 3. The van der Waals surface area contributed by atoms with Gasteiger partial charge in [0, 0.05) is 6.61 Å². The molecule has 4 heteroatoms. The van der Waals surface area contributed by atoms with Crippen LogP contribution < -0.4 is 0 Å². The molecule has 1 saturated heterocycles. The SMILES string of the molecule is CCOC(C)N1C(=O)OC[C@@H]1CC(C)C. The molecule has 1 heterocycles. The van der Waals surface area contributed by atoms with E-state index in [1.165, 1.54) is 0 Å². The Balaban J connectivity index is 2.59. The van der Waals surface area contributed by atoms with E-state index in [2.05, 4.69) is 13.8 Å². The molecule has 1 aliphatic rings. The smallest absolute Gasteiger partial charge is 0.412 e. The van der Waals surface area contributed by atoms with E-state index in [1.54, 1.807) is 4.90 Å². The van der Waals surface area contributed by atoms with Crippen molar-refractivity contribution in [2.24, 2.45) is 5.92 Å². The van der Waals surface area contributed by atoms with Gasteiger partial charge in [0.25, 0.3) is 0 Å². The third kappa shape index (κ3) is 3.09. The van der Waals surface area contributed by atoms with Gasteiger partial charge in [0.15, 0.2) is 0 Å². The highest BCUT2D eigenvalue weighted by Crippen LogP contribution is 2.22. The summed E-state index contributed by atoms with van der Waals surface area (Å²) < 4.78 is 10.5. The summed E-state index contributed by atoms with van der Waals surface area (Å²) in [6.45, 7) is 9.21. The average molecular weight is 215 g/mol. The summed E-state index contributed by atoms with van der Waals surface area (Å²) in [6, 6.07) is 0.166. The number of carbonyl (C=O) groups excluding carboxylic acids is 1. The van der Waals surface area contributed by atoms with E-state index in [4.69, 9.17) is 9.47 Å². The van der Waals surface area contributed by atoms with E-state index >= 15 is 0 Å². The zero-order chi connectivity index (χ0) is 11.4. The van der Waals surface area contributed by atoms with Gasteiger partial charge in [-0.05, 0) is 26.2 Å². The van der Waals surface area contributed by atoms with Crippen molar-refractivity contribution in [3.63, 3.8) is 0 Å². The summed E-state index contributed by atoms with van der Waals surface area (Å²) in [5, 5.41) is 0. The topological polar surface area (TPSA) is 38.8 Å². The second-order valence-corrected chi connectivity index (χ2v) is 4.32. The Hall–Kier alpha value is -0.770. The van der Waals surface area contributed by atoms with E-state index in [0.29, 0.717) is 19.1 Å². The normalized spacial score (nSPS) is 23.4. The lowest BCUT2D eigenvalue weighted by atomic mass is 10.0. The molecule has 0 aliphatic carbocycles. The monoisotopic (exact) mass is 215 g/mol.